The van der Waals surface area contributed by atoms with Crippen molar-refractivity contribution in [1.29, 1.82) is 0 Å². The number of imidazole rings is 1. The molecule has 1 heterocycles. The zero-order valence-electron chi connectivity index (χ0n) is 9.32. The maximum absolute atomic E-state index is 5.40. The number of unbranched alkanes of at least 4 members (excludes halogenated alkanes) is 1. The minimum Gasteiger partial charge on any atom is -0.379 e. The molecule has 0 spiro atoms. The SMILES string of the molecule is CCOCCOCCCCn1c[c]nc1. The van der Waals surface area contributed by atoms with E-state index in [1.165, 1.54) is 0 Å². The van der Waals surface area contributed by atoms with Gasteiger partial charge in [-0.15, -0.1) is 0 Å². The van der Waals surface area contributed by atoms with Crippen LogP contribution in [0.4, 0.5) is 0 Å². The molecule has 0 aromatic carbocycles. The zero-order valence-corrected chi connectivity index (χ0v) is 9.32. The van der Waals surface area contributed by atoms with Gasteiger partial charge in [-0.1, -0.05) is 0 Å². The van der Waals surface area contributed by atoms with Crippen molar-refractivity contribution < 1.29 is 9.47 Å². The van der Waals surface area contributed by atoms with Crippen LogP contribution < -0.4 is 0 Å². The third kappa shape index (κ3) is 6.25. The molecule has 85 valence electrons. The first-order chi connectivity index (χ1) is 7.43. The average Bonchev–Trinajstić information content (AvgIpc) is 2.75. The van der Waals surface area contributed by atoms with Crippen LogP contribution in [-0.2, 0) is 16.0 Å². The molecule has 0 saturated heterocycles. The fourth-order valence-electron chi connectivity index (χ4n) is 1.23. The second kappa shape index (κ2) is 8.44. The van der Waals surface area contributed by atoms with Gasteiger partial charge in [-0.3, -0.25) is 0 Å². The maximum Gasteiger partial charge on any atom is 0.108 e. The molecular formula is C11H19N2O2. The van der Waals surface area contributed by atoms with E-state index in [2.05, 4.69) is 11.2 Å². The lowest BCUT2D eigenvalue weighted by molar-refractivity contribution is 0.0511. The Morgan fingerprint density at radius 2 is 2.07 bits per heavy atom. The number of aryl methyl sites for hydroxylation is 1. The molecule has 0 saturated carbocycles. The van der Waals surface area contributed by atoms with Crippen LogP contribution in [0, 0.1) is 6.20 Å². The molecule has 0 aliphatic carbocycles. The highest BCUT2D eigenvalue weighted by Crippen LogP contribution is 1.95. The van der Waals surface area contributed by atoms with Crippen molar-refractivity contribution in [3.05, 3.63) is 18.7 Å². The Morgan fingerprint density at radius 1 is 1.20 bits per heavy atom. The van der Waals surface area contributed by atoms with E-state index in [0.717, 1.165) is 32.6 Å². The van der Waals surface area contributed by atoms with Gasteiger partial charge in [-0.2, -0.15) is 0 Å². The van der Waals surface area contributed by atoms with Crippen molar-refractivity contribution in [3.8, 4) is 0 Å². The van der Waals surface area contributed by atoms with E-state index in [-0.39, 0.29) is 0 Å². The molecule has 1 rings (SSSR count). The second-order valence-corrected chi connectivity index (χ2v) is 3.26. The molecule has 0 unspecified atom stereocenters. The van der Waals surface area contributed by atoms with Crippen LogP contribution >= 0.6 is 0 Å². The number of ether oxygens (including phenoxy) is 2. The Morgan fingerprint density at radius 3 is 2.80 bits per heavy atom. The lowest BCUT2D eigenvalue weighted by Gasteiger charge is -2.04. The Labute approximate surface area is 91.2 Å². The summed E-state index contributed by atoms with van der Waals surface area (Å²) in [6.45, 7) is 5.96. The Balaban J connectivity index is 1.81. The monoisotopic (exact) mass is 211 g/mol. The number of nitrogens with zero attached hydrogens (tertiary/aromatic N) is 2. The molecule has 0 amide bonds. The van der Waals surface area contributed by atoms with Gasteiger partial charge in [-0.05, 0) is 19.8 Å². The summed E-state index contributed by atoms with van der Waals surface area (Å²) in [6, 6.07) is 0. The van der Waals surface area contributed by atoms with Gasteiger partial charge in [0.2, 0.25) is 0 Å². The largest absolute Gasteiger partial charge is 0.379 e. The van der Waals surface area contributed by atoms with Gasteiger partial charge in [0.15, 0.2) is 0 Å². The highest BCUT2D eigenvalue weighted by Gasteiger charge is 1.92. The van der Waals surface area contributed by atoms with Crippen molar-refractivity contribution in [2.24, 2.45) is 0 Å². The normalized spacial score (nSPS) is 10.7. The number of rotatable bonds is 9. The second-order valence-electron chi connectivity index (χ2n) is 3.26. The summed E-state index contributed by atoms with van der Waals surface area (Å²) in [5, 5.41) is 0. The lowest BCUT2D eigenvalue weighted by Crippen LogP contribution is -2.05. The molecular weight excluding hydrogens is 192 g/mol. The minimum atomic E-state index is 0.701. The molecule has 0 aliphatic rings. The van der Waals surface area contributed by atoms with E-state index in [0.29, 0.717) is 13.2 Å². The molecule has 4 heteroatoms. The lowest BCUT2D eigenvalue weighted by atomic mass is 10.3. The van der Waals surface area contributed by atoms with Gasteiger partial charge < -0.3 is 14.0 Å². The van der Waals surface area contributed by atoms with E-state index in [4.69, 9.17) is 9.47 Å². The quantitative estimate of drug-likeness (QED) is 0.581. The van der Waals surface area contributed by atoms with Gasteiger partial charge in [0.05, 0.1) is 19.5 Å². The van der Waals surface area contributed by atoms with Gasteiger partial charge in [0, 0.05) is 26.0 Å². The van der Waals surface area contributed by atoms with Crippen LogP contribution in [0.5, 0.6) is 0 Å². The average molecular weight is 211 g/mol. The van der Waals surface area contributed by atoms with E-state index in [9.17, 15) is 0 Å². The third-order valence-electron chi connectivity index (χ3n) is 2.04. The van der Waals surface area contributed by atoms with E-state index >= 15 is 0 Å². The number of hydrogen-bond donors (Lipinski definition) is 0. The summed E-state index contributed by atoms with van der Waals surface area (Å²) in [5.74, 6) is 0. The van der Waals surface area contributed by atoms with Crippen LogP contribution in [0.15, 0.2) is 12.5 Å². The summed E-state index contributed by atoms with van der Waals surface area (Å²) >= 11 is 0. The van der Waals surface area contributed by atoms with E-state index in [1.54, 1.807) is 6.33 Å². The number of aromatic nitrogens is 2. The summed E-state index contributed by atoms with van der Waals surface area (Å²) in [7, 11) is 0. The number of hydrogen-bond acceptors (Lipinski definition) is 3. The van der Waals surface area contributed by atoms with E-state index in [1.807, 2.05) is 17.7 Å². The predicted molar refractivity (Wildman–Crippen MR) is 57.6 cm³/mol. The zero-order chi connectivity index (χ0) is 10.8. The van der Waals surface area contributed by atoms with Crippen LogP contribution in [0.3, 0.4) is 0 Å². The first-order valence-corrected chi connectivity index (χ1v) is 5.46. The van der Waals surface area contributed by atoms with Crippen molar-refractivity contribution in [2.75, 3.05) is 26.4 Å². The summed E-state index contributed by atoms with van der Waals surface area (Å²) in [6.07, 6.45) is 8.60. The van der Waals surface area contributed by atoms with Crippen LogP contribution in [-0.4, -0.2) is 36.0 Å². The topological polar surface area (TPSA) is 36.3 Å². The molecule has 0 N–H and O–H groups in total. The maximum atomic E-state index is 5.40. The molecule has 0 bridgehead atoms. The summed E-state index contributed by atoms with van der Waals surface area (Å²) in [4.78, 5) is 3.86. The Hall–Kier alpha value is -0.870. The molecule has 0 fully saturated rings. The van der Waals surface area contributed by atoms with Crippen LogP contribution in [0.1, 0.15) is 19.8 Å². The smallest absolute Gasteiger partial charge is 0.108 e. The summed E-state index contributed by atoms with van der Waals surface area (Å²) < 4.78 is 12.6. The van der Waals surface area contributed by atoms with Gasteiger partial charge in [-0.25, -0.2) is 4.98 Å². The molecule has 0 aliphatic heterocycles. The predicted octanol–water partition coefficient (Wildman–Crippen LogP) is 1.52. The van der Waals surface area contributed by atoms with Gasteiger partial charge >= 0.3 is 0 Å². The highest BCUT2D eigenvalue weighted by atomic mass is 16.5. The summed E-state index contributed by atoms with van der Waals surface area (Å²) in [5.41, 5.74) is 0. The first kappa shape index (κ1) is 12.2. The van der Waals surface area contributed by atoms with Crippen molar-refractivity contribution >= 4 is 0 Å². The van der Waals surface area contributed by atoms with Crippen molar-refractivity contribution in [1.82, 2.24) is 9.55 Å². The standard InChI is InChI=1S/C11H19N2O2/c1-2-14-9-10-15-8-4-3-6-13-7-5-12-11-13/h7,11H,2-4,6,8-10H2,1H3. The first-order valence-electron chi connectivity index (χ1n) is 5.46. The highest BCUT2D eigenvalue weighted by molar-refractivity contribution is 4.71. The van der Waals surface area contributed by atoms with Crippen molar-refractivity contribution in [2.45, 2.75) is 26.3 Å². The van der Waals surface area contributed by atoms with Gasteiger partial charge in [0.1, 0.15) is 6.20 Å². The molecule has 1 radical (unpaired) electrons. The molecule has 4 nitrogen and oxygen atoms in total. The third-order valence-corrected chi connectivity index (χ3v) is 2.04. The van der Waals surface area contributed by atoms with Crippen LogP contribution in [0.2, 0.25) is 0 Å². The Kier molecular flexibility index (Phi) is 6.86. The molecule has 1 aromatic heterocycles. The molecule has 1 aromatic rings. The van der Waals surface area contributed by atoms with Crippen LogP contribution in [0.25, 0.3) is 0 Å². The van der Waals surface area contributed by atoms with Gasteiger partial charge in [0.25, 0.3) is 0 Å². The fourth-order valence-corrected chi connectivity index (χ4v) is 1.23. The Bertz CT molecular complexity index is 225. The minimum absolute atomic E-state index is 0.701. The molecule has 15 heavy (non-hydrogen) atoms. The fraction of sp³-hybridized carbons (Fsp3) is 0.727. The van der Waals surface area contributed by atoms with Crippen molar-refractivity contribution in [3.63, 3.8) is 0 Å². The van der Waals surface area contributed by atoms with E-state index < -0.39 is 0 Å². The molecule has 0 atom stereocenters.